The highest BCUT2D eigenvalue weighted by atomic mass is 79.9. The van der Waals surface area contributed by atoms with Crippen LogP contribution in [-0.2, 0) is 4.79 Å². The number of hydrogen-bond acceptors (Lipinski definition) is 4. The number of benzene rings is 1. The number of carbonyl (C=O) groups is 2. The normalized spacial score (nSPS) is 13.6. The summed E-state index contributed by atoms with van der Waals surface area (Å²) < 4.78 is 0.313. The monoisotopic (exact) mass is 355 g/mol. The topological polar surface area (TPSA) is 101 Å². The van der Waals surface area contributed by atoms with Gasteiger partial charge in [0.2, 0.25) is 5.91 Å². The summed E-state index contributed by atoms with van der Waals surface area (Å²) in [7, 11) is 0. The maximum atomic E-state index is 11.9. The lowest BCUT2D eigenvalue weighted by Crippen LogP contribution is -2.31. The van der Waals surface area contributed by atoms with Gasteiger partial charge in [-0.2, -0.15) is 0 Å². The molecule has 0 atom stereocenters. The first-order valence-electron chi connectivity index (χ1n) is 6.49. The standard InChI is InChI=1S/C13H14BrN3O4/c14-10-4-1-8(7-11(10)17(20)21)13(19)15-6-5-12(18)16-9-2-3-9/h1,4,7,9H,2-3,5-6H2,(H,15,19)(H,16,18). The van der Waals surface area contributed by atoms with Crippen LogP contribution in [-0.4, -0.2) is 29.3 Å². The molecule has 0 unspecified atom stereocenters. The fraction of sp³-hybridized carbons (Fsp3) is 0.385. The lowest BCUT2D eigenvalue weighted by atomic mass is 10.2. The average Bonchev–Trinajstić information content (AvgIpc) is 3.22. The number of nitro benzene ring substituents is 1. The number of amides is 2. The van der Waals surface area contributed by atoms with Crippen molar-refractivity contribution in [2.45, 2.75) is 25.3 Å². The third-order valence-electron chi connectivity index (χ3n) is 2.99. The molecule has 1 aliphatic rings. The van der Waals surface area contributed by atoms with Gasteiger partial charge in [0.05, 0.1) is 9.40 Å². The Kier molecular flexibility index (Phi) is 4.89. The van der Waals surface area contributed by atoms with Crippen molar-refractivity contribution in [2.24, 2.45) is 0 Å². The van der Waals surface area contributed by atoms with E-state index in [1.807, 2.05) is 0 Å². The Balaban J connectivity index is 1.86. The summed E-state index contributed by atoms with van der Waals surface area (Å²) in [4.78, 5) is 33.5. The van der Waals surface area contributed by atoms with Crippen LogP contribution in [0.25, 0.3) is 0 Å². The zero-order valence-corrected chi connectivity index (χ0v) is 12.7. The third kappa shape index (κ3) is 4.52. The van der Waals surface area contributed by atoms with Crippen molar-refractivity contribution in [2.75, 3.05) is 6.54 Å². The molecule has 8 heteroatoms. The summed E-state index contributed by atoms with van der Waals surface area (Å²) in [5, 5.41) is 16.2. The summed E-state index contributed by atoms with van der Waals surface area (Å²) in [6.07, 6.45) is 2.22. The summed E-state index contributed by atoms with van der Waals surface area (Å²) in [6, 6.07) is 4.43. The summed E-state index contributed by atoms with van der Waals surface area (Å²) in [6.45, 7) is 0.196. The van der Waals surface area contributed by atoms with Crippen LogP contribution in [0.4, 0.5) is 5.69 Å². The molecule has 7 nitrogen and oxygen atoms in total. The average molecular weight is 356 g/mol. The molecular formula is C13H14BrN3O4. The first kappa shape index (κ1) is 15.4. The van der Waals surface area contributed by atoms with Crippen LogP contribution in [0.5, 0.6) is 0 Å². The van der Waals surface area contributed by atoms with Crippen LogP contribution in [0.15, 0.2) is 22.7 Å². The molecule has 1 aromatic rings. The van der Waals surface area contributed by atoms with Gasteiger partial charge in [0.25, 0.3) is 11.6 Å². The molecule has 0 heterocycles. The van der Waals surface area contributed by atoms with Crippen LogP contribution in [0.2, 0.25) is 0 Å². The van der Waals surface area contributed by atoms with Crippen molar-refractivity contribution in [3.8, 4) is 0 Å². The van der Waals surface area contributed by atoms with Gasteiger partial charge >= 0.3 is 0 Å². The Morgan fingerprint density at radius 1 is 1.38 bits per heavy atom. The largest absolute Gasteiger partial charge is 0.353 e. The Labute approximate surface area is 129 Å². The number of nitrogens with zero attached hydrogens (tertiary/aromatic N) is 1. The van der Waals surface area contributed by atoms with Gasteiger partial charge in [-0.25, -0.2) is 0 Å². The van der Waals surface area contributed by atoms with E-state index in [2.05, 4.69) is 26.6 Å². The van der Waals surface area contributed by atoms with E-state index in [4.69, 9.17) is 0 Å². The molecule has 2 rings (SSSR count). The molecule has 0 bridgehead atoms. The zero-order chi connectivity index (χ0) is 15.4. The number of nitrogens with one attached hydrogen (secondary N) is 2. The van der Waals surface area contributed by atoms with Crippen molar-refractivity contribution < 1.29 is 14.5 Å². The van der Waals surface area contributed by atoms with E-state index in [0.29, 0.717) is 10.5 Å². The van der Waals surface area contributed by atoms with E-state index in [9.17, 15) is 19.7 Å². The lowest BCUT2D eigenvalue weighted by molar-refractivity contribution is -0.385. The Hall–Kier alpha value is -1.96. The van der Waals surface area contributed by atoms with Crippen molar-refractivity contribution in [1.29, 1.82) is 0 Å². The number of carbonyl (C=O) groups excluding carboxylic acids is 2. The van der Waals surface area contributed by atoms with Crippen molar-refractivity contribution >= 4 is 33.4 Å². The van der Waals surface area contributed by atoms with Gasteiger partial charge in [-0.05, 0) is 40.9 Å². The molecule has 1 aliphatic carbocycles. The fourth-order valence-electron chi connectivity index (χ4n) is 1.71. The molecule has 0 aromatic heterocycles. The van der Waals surface area contributed by atoms with E-state index < -0.39 is 10.8 Å². The highest BCUT2D eigenvalue weighted by Gasteiger charge is 2.23. The molecule has 0 spiro atoms. The van der Waals surface area contributed by atoms with Gasteiger partial charge in [-0.15, -0.1) is 0 Å². The van der Waals surface area contributed by atoms with E-state index in [1.54, 1.807) is 0 Å². The smallest absolute Gasteiger partial charge is 0.284 e. The second-order valence-corrected chi connectivity index (χ2v) is 5.63. The molecular weight excluding hydrogens is 342 g/mol. The van der Waals surface area contributed by atoms with Gasteiger partial charge in [-0.1, -0.05) is 0 Å². The number of halogens is 1. The zero-order valence-electron chi connectivity index (χ0n) is 11.1. The van der Waals surface area contributed by atoms with Crippen LogP contribution in [0.1, 0.15) is 29.6 Å². The second-order valence-electron chi connectivity index (χ2n) is 4.77. The minimum Gasteiger partial charge on any atom is -0.353 e. The van der Waals surface area contributed by atoms with E-state index >= 15 is 0 Å². The third-order valence-corrected chi connectivity index (χ3v) is 3.66. The SMILES string of the molecule is O=C(CCNC(=O)c1ccc(Br)c([N+](=O)[O-])c1)NC1CC1. The van der Waals surface area contributed by atoms with E-state index in [0.717, 1.165) is 12.8 Å². The minimum absolute atomic E-state index is 0.0976. The number of hydrogen-bond donors (Lipinski definition) is 2. The van der Waals surface area contributed by atoms with Gasteiger partial charge in [-0.3, -0.25) is 19.7 Å². The van der Waals surface area contributed by atoms with Gasteiger partial charge in [0.1, 0.15) is 0 Å². The predicted molar refractivity (Wildman–Crippen MR) is 78.9 cm³/mol. The molecule has 1 saturated carbocycles. The molecule has 1 aromatic carbocycles. The summed E-state index contributed by atoms with van der Waals surface area (Å²) >= 11 is 3.05. The fourth-order valence-corrected chi connectivity index (χ4v) is 2.10. The van der Waals surface area contributed by atoms with Crippen molar-refractivity contribution in [3.05, 3.63) is 38.3 Å². The van der Waals surface area contributed by atoms with Crippen molar-refractivity contribution in [3.63, 3.8) is 0 Å². The molecule has 112 valence electrons. The maximum Gasteiger partial charge on any atom is 0.284 e. The van der Waals surface area contributed by atoms with Gasteiger partial charge in [0.15, 0.2) is 0 Å². The molecule has 21 heavy (non-hydrogen) atoms. The number of rotatable bonds is 6. The van der Waals surface area contributed by atoms with E-state index in [-0.39, 0.29) is 30.1 Å². The molecule has 0 saturated heterocycles. The van der Waals surface area contributed by atoms with Crippen molar-refractivity contribution in [1.82, 2.24) is 10.6 Å². The maximum absolute atomic E-state index is 11.9. The highest BCUT2D eigenvalue weighted by Crippen LogP contribution is 2.25. The van der Waals surface area contributed by atoms with Crippen LogP contribution >= 0.6 is 15.9 Å². The summed E-state index contributed by atoms with van der Waals surface area (Å²) in [5.74, 6) is -0.538. The highest BCUT2D eigenvalue weighted by molar-refractivity contribution is 9.10. The first-order chi connectivity index (χ1) is 9.97. The Morgan fingerprint density at radius 2 is 2.10 bits per heavy atom. The second kappa shape index (κ2) is 6.66. The van der Waals surface area contributed by atoms with Gasteiger partial charge in [0, 0.05) is 30.6 Å². The lowest BCUT2D eigenvalue weighted by Gasteiger charge is -2.06. The van der Waals surface area contributed by atoms with Crippen LogP contribution in [0.3, 0.4) is 0 Å². The Morgan fingerprint density at radius 3 is 2.71 bits per heavy atom. The predicted octanol–water partition coefficient (Wildman–Crippen LogP) is 1.76. The molecule has 2 amide bonds. The van der Waals surface area contributed by atoms with Crippen LogP contribution < -0.4 is 10.6 Å². The molecule has 0 radical (unpaired) electrons. The van der Waals surface area contributed by atoms with E-state index in [1.165, 1.54) is 18.2 Å². The molecule has 0 aliphatic heterocycles. The quantitative estimate of drug-likeness (QED) is 0.599. The summed E-state index contributed by atoms with van der Waals surface area (Å²) in [5.41, 5.74) is 0.0154. The minimum atomic E-state index is -0.566. The van der Waals surface area contributed by atoms with Crippen LogP contribution in [0, 0.1) is 10.1 Å². The molecule has 1 fully saturated rings. The first-order valence-corrected chi connectivity index (χ1v) is 7.28. The molecule has 2 N–H and O–H groups in total. The Bertz CT molecular complexity index is 587. The number of nitro groups is 1. The van der Waals surface area contributed by atoms with Gasteiger partial charge < -0.3 is 10.6 Å².